The van der Waals surface area contributed by atoms with Crippen LogP contribution in [0.15, 0.2) is 12.2 Å². The minimum Gasteiger partial charge on any atom is -0.462 e. The summed E-state index contributed by atoms with van der Waals surface area (Å²) in [6.07, 6.45) is 22.2. The zero-order valence-corrected chi connectivity index (χ0v) is 30.9. The predicted octanol–water partition coefficient (Wildman–Crippen LogP) is 7.22. The largest absolute Gasteiger partial charge is 0.462 e. The van der Waals surface area contributed by atoms with Gasteiger partial charge in [0.25, 0.3) is 0 Å². The van der Waals surface area contributed by atoms with Crippen LogP contribution < -0.4 is 0 Å². The number of allylic oxidation sites excluding steroid dienone is 2. The van der Waals surface area contributed by atoms with E-state index in [1.165, 1.54) is 70.6 Å². The van der Waals surface area contributed by atoms with E-state index in [0.29, 0.717) is 6.42 Å². The Balaban J connectivity index is 2.39. The van der Waals surface area contributed by atoms with Crippen LogP contribution in [0.1, 0.15) is 168 Å². The summed E-state index contributed by atoms with van der Waals surface area (Å²) in [5, 5.41) is 39.9. The van der Waals surface area contributed by atoms with Gasteiger partial charge in [-0.15, -0.1) is 0 Å². The highest BCUT2D eigenvalue weighted by Crippen LogP contribution is 2.22. The number of ether oxygens (including phenoxy) is 4. The number of aliphatic hydroxyl groups is 4. The second-order valence-corrected chi connectivity index (χ2v) is 13.7. The lowest BCUT2D eigenvalue weighted by Gasteiger charge is -2.39. The molecule has 0 amide bonds. The van der Waals surface area contributed by atoms with Gasteiger partial charge in [0.1, 0.15) is 31.0 Å². The highest BCUT2D eigenvalue weighted by atomic mass is 16.7. The van der Waals surface area contributed by atoms with Crippen LogP contribution in [0.4, 0.5) is 0 Å². The van der Waals surface area contributed by atoms with E-state index in [2.05, 4.69) is 26.0 Å². The number of esters is 2. The quantitative estimate of drug-likeness (QED) is 0.0322. The van der Waals surface area contributed by atoms with Crippen molar-refractivity contribution in [3.63, 3.8) is 0 Å². The van der Waals surface area contributed by atoms with Crippen molar-refractivity contribution in [2.45, 2.75) is 205 Å². The van der Waals surface area contributed by atoms with Crippen molar-refractivity contribution in [3.8, 4) is 0 Å². The molecule has 2 unspecified atom stereocenters. The van der Waals surface area contributed by atoms with E-state index in [0.717, 1.165) is 64.2 Å². The number of rotatable bonds is 32. The second kappa shape index (κ2) is 31.2. The van der Waals surface area contributed by atoms with Crippen LogP contribution >= 0.6 is 0 Å². The van der Waals surface area contributed by atoms with E-state index in [4.69, 9.17) is 18.9 Å². The van der Waals surface area contributed by atoms with Gasteiger partial charge >= 0.3 is 11.9 Å². The maximum absolute atomic E-state index is 12.7. The molecular formula is C39H72O10. The number of carbonyl (C=O) groups excluding carboxylic acids is 2. The Hall–Kier alpha value is -1.56. The Morgan fingerprint density at radius 1 is 0.612 bits per heavy atom. The van der Waals surface area contributed by atoms with Crippen LogP contribution in [0, 0.1) is 0 Å². The van der Waals surface area contributed by atoms with Gasteiger partial charge in [0.2, 0.25) is 0 Å². The summed E-state index contributed by atoms with van der Waals surface area (Å²) < 4.78 is 22.0. The summed E-state index contributed by atoms with van der Waals surface area (Å²) in [7, 11) is 0. The van der Waals surface area contributed by atoms with E-state index in [-0.39, 0.29) is 32.0 Å². The van der Waals surface area contributed by atoms with Crippen LogP contribution in [0.25, 0.3) is 0 Å². The third kappa shape index (κ3) is 23.5. The van der Waals surface area contributed by atoms with Crippen molar-refractivity contribution in [1.82, 2.24) is 0 Å². The zero-order valence-electron chi connectivity index (χ0n) is 30.9. The molecule has 0 spiro atoms. The molecular weight excluding hydrogens is 628 g/mol. The molecule has 49 heavy (non-hydrogen) atoms. The lowest BCUT2D eigenvalue weighted by atomic mass is 9.99. The van der Waals surface area contributed by atoms with Gasteiger partial charge in [-0.2, -0.15) is 0 Å². The van der Waals surface area contributed by atoms with Crippen molar-refractivity contribution >= 4 is 11.9 Å². The fourth-order valence-electron chi connectivity index (χ4n) is 5.93. The molecule has 0 aromatic heterocycles. The lowest BCUT2D eigenvalue weighted by Crippen LogP contribution is -2.59. The third-order valence-electron chi connectivity index (χ3n) is 9.15. The van der Waals surface area contributed by atoms with E-state index >= 15 is 0 Å². The average Bonchev–Trinajstić information content (AvgIpc) is 3.10. The number of hydrogen-bond acceptors (Lipinski definition) is 10. The normalized spacial score (nSPS) is 21.6. The first kappa shape index (κ1) is 45.5. The molecule has 1 fully saturated rings. The number of hydrogen-bond donors (Lipinski definition) is 4. The summed E-state index contributed by atoms with van der Waals surface area (Å²) in [4.78, 5) is 25.1. The summed E-state index contributed by atoms with van der Waals surface area (Å²) in [6.45, 7) is 3.36. The molecule has 0 saturated carbocycles. The summed E-state index contributed by atoms with van der Waals surface area (Å²) in [5.74, 6) is -0.814. The van der Waals surface area contributed by atoms with Gasteiger partial charge in [0.15, 0.2) is 12.4 Å². The van der Waals surface area contributed by atoms with Crippen molar-refractivity contribution in [2.24, 2.45) is 0 Å². The lowest BCUT2D eigenvalue weighted by molar-refractivity contribution is -0.305. The average molecular weight is 701 g/mol. The van der Waals surface area contributed by atoms with E-state index in [1.54, 1.807) is 0 Å². The number of aliphatic hydroxyl groups excluding tert-OH is 4. The molecule has 4 N–H and O–H groups in total. The fourth-order valence-corrected chi connectivity index (χ4v) is 5.93. The molecule has 0 radical (unpaired) electrons. The standard InChI is InChI=1S/C39H72O10/c1-3-5-7-9-11-13-15-16-18-20-22-24-26-28-35(42)48-32(31-47-39-38(45)37(44)36(43)33(29-40)49-39)30-46-34(41)27-25-23-21-19-17-14-12-10-8-6-4-2/h10,12,32-33,36-40,43-45H,3-9,11,13-31H2,1-2H3/b12-10+/t32-,33-,36+,37?,38?,39-/m1/s1. The molecule has 288 valence electrons. The van der Waals surface area contributed by atoms with Gasteiger partial charge < -0.3 is 39.4 Å². The Bertz CT molecular complexity index is 820. The smallest absolute Gasteiger partial charge is 0.306 e. The molecule has 0 aliphatic carbocycles. The maximum atomic E-state index is 12.7. The van der Waals surface area contributed by atoms with Crippen LogP contribution in [0.2, 0.25) is 0 Å². The first-order valence-electron chi connectivity index (χ1n) is 19.8. The number of carbonyl (C=O) groups is 2. The first-order valence-corrected chi connectivity index (χ1v) is 19.8. The predicted molar refractivity (Wildman–Crippen MR) is 192 cm³/mol. The van der Waals surface area contributed by atoms with E-state index < -0.39 is 49.4 Å². The van der Waals surface area contributed by atoms with Crippen molar-refractivity contribution < 1.29 is 49.0 Å². The Morgan fingerprint density at radius 2 is 1.10 bits per heavy atom. The molecule has 0 aromatic carbocycles. The molecule has 10 heteroatoms. The minimum atomic E-state index is -1.59. The third-order valence-corrected chi connectivity index (χ3v) is 9.15. The maximum Gasteiger partial charge on any atom is 0.306 e. The van der Waals surface area contributed by atoms with Gasteiger partial charge in [-0.1, -0.05) is 135 Å². The molecule has 1 rings (SSSR count). The molecule has 0 bridgehead atoms. The van der Waals surface area contributed by atoms with Crippen molar-refractivity contribution in [1.29, 1.82) is 0 Å². The fraction of sp³-hybridized carbons (Fsp3) is 0.897. The van der Waals surface area contributed by atoms with Gasteiger partial charge in [-0.3, -0.25) is 9.59 Å². The van der Waals surface area contributed by atoms with Crippen LogP contribution in [-0.2, 0) is 28.5 Å². The molecule has 0 aromatic rings. The van der Waals surface area contributed by atoms with E-state index in [1.807, 2.05) is 0 Å². The van der Waals surface area contributed by atoms with Gasteiger partial charge in [0.05, 0.1) is 13.2 Å². The Kier molecular flexibility index (Phi) is 28.9. The monoisotopic (exact) mass is 701 g/mol. The van der Waals surface area contributed by atoms with Crippen LogP contribution in [-0.4, -0.2) is 89.0 Å². The summed E-state index contributed by atoms with van der Waals surface area (Å²) >= 11 is 0. The zero-order chi connectivity index (χ0) is 36.0. The second-order valence-electron chi connectivity index (χ2n) is 13.7. The van der Waals surface area contributed by atoms with Crippen LogP contribution in [0.5, 0.6) is 0 Å². The molecule has 10 nitrogen and oxygen atoms in total. The number of unbranched alkanes of at least 4 members (excludes halogenated alkanes) is 19. The SMILES string of the molecule is CCCC/C=C/CCCCCCCC(=O)OC[C@H](CO[C@@H]1O[C@H](CO)[C@H](O)C(O)C1O)OC(=O)CCCCCCCCCCCCCCC. The van der Waals surface area contributed by atoms with Gasteiger partial charge in [-0.05, 0) is 32.1 Å². The Labute approximate surface area is 297 Å². The van der Waals surface area contributed by atoms with Gasteiger partial charge in [-0.25, -0.2) is 0 Å². The highest BCUT2D eigenvalue weighted by molar-refractivity contribution is 5.70. The molecule has 1 heterocycles. The van der Waals surface area contributed by atoms with E-state index in [9.17, 15) is 30.0 Å². The summed E-state index contributed by atoms with van der Waals surface area (Å²) in [6, 6.07) is 0. The van der Waals surface area contributed by atoms with Crippen molar-refractivity contribution in [3.05, 3.63) is 12.2 Å². The molecule has 1 aliphatic rings. The molecule has 1 saturated heterocycles. The highest BCUT2D eigenvalue weighted by Gasteiger charge is 2.44. The Morgan fingerprint density at radius 3 is 1.65 bits per heavy atom. The summed E-state index contributed by atoms with van der Waals surface area (Å²) in [5.41, 5.74) is 0. The van der Waals surface area contributed by atoms with Crippen molar-refractivity contribution in [2.75, 3.05) is 19.8 Å². The van der Waals surface area contributed by atoms with Gasteiger partial charge in [0, 0.05) is 12.8 Å². The molecule has 6 atom stereocenters. The first-order chi connectivity index (χ1) is 23.8. The van der Waals surface area contributed by atoms with Crippen LogP contribution in [0.3, 0.4) is 0 Å². The minimum absolute atomic E-state index is 0.217. The molecule has 1 aliphatic heterocycles. The topological polar surface area (TPSA) is 152 Å².